The van der Waals surface area contributed by atoms with Gasteiger partial charge in [0.25, 0.3) is 0 Å². The predicted molar refractivity (Wildman–Crippen MR) is 77.4 cm³/mol. The van der Waals surface area contributed by atoms with Gasteiger partial charge in [-0.3, -0.25) is 0 Å². The van der Waals surface area contributed by atoms with Gasteiger partial charge < -0.3 is 5.32 Å². The van der Waals surface area contributed by atoms with Crippen LogP contribution in [0.3, 0.4) is 0 Å². The fourth-order valence-corrected chi connectivity index (χ4v) is 3.18. The summed E-state index contributed by atoms with van der Waals surface area (Å²) in [6.45, 7) is 4.39. The Morgan fingerprint density at radius 1 is 1.41 bits per heavy atom. The van der Waals surface area contributed by atoms with Gasteiger partial charge in [-0.25, -0.2) is 0 Å². The molecule has 3 heteroatoms. The lowest BCUT2D eigenvalue weighted by atomic mass is 9.98. The van der Waals surface area contributed by atoms with Crippen LogP contribution < -0.4 is 5.32 Å². The van der Waals surface area contributed by atoms with Crippen molar-refractivity contribution in [3.8, 4) is 0 Å². The Balaban J connectivity index is 1.83. The second-order valence-corrected chi connectivity index (χ2v) is 6.33. The van der Waals surface area contributed by atoms with E-state index in [1.807, 2.05) is 18.2 Å². The highest BCUT2D eigenvalue weighted by atomic mass is 79.9. The maximum Gasteiger partial charge on any atom is 0.0410 e. The highest BCUT2D eigenvalue weighted by Crippen LogP contribution is 2.30. The van der Waals surface area contributed by atoms with Gasteiger partial charge in [-0.2, -0.15) is 0 Å². The quantitative estimate of drug-likeness (QED) is 0.854. The van der Waals surface area contributed by atoms with Gasteiger partial charge >= 0.3 is 0 Å². The maximum absolute atomic E-state index is 6.00. The molecule has 1 aromatic carbocycles. The molecule has 2 rings (SSSR count). The van der Waals surface area contributed by atoms with Crippen molar-refractivity contribution in [1.82, 2.24) is 5.32 Å². The number of hydrogen-bond donors (Lipinski definition) is 1. The van der Waals surface area contributed by atoms with Crippen LogP contribution in [0.1, 0.15) is 31.7 Å². The number of nitrogens with one attached hydrogen (secondary N) is 1. The lowest BCUT2D eigenvalue weighted by Crippen LogP contribution is -2.24. The molecule has 1 N–H and O–H groups in total. The fourth-order valence-electron chi connectivity index (χ4n) is 2.60. The third kappa shape index (κ3) is 3.70. The van der Waals surface area contributed by atoms with E-state index in [0.717, 1.165) is 34.4 Å². The molecule has 1 aromatic rings. The first-order valence-corrected chi connectivity index (χ1v) is 7.48. The highest BCUT2D eigenvalue weighted by molar-refractivity contribution is 9.10. The van der Waals surface area contributed by atoms with E-state index in [2.05, 4.69) is 28.2 Å². The van der Waals surface area contributed by atoms with Crippen LogP contribution in [0.5, 0.6) is 0 Å². The zero-order valence-corrected chi connectivity index (χ0v) is 12.5. The van der Waals surface area contributed by atoms with Crippen LogP contribution in [0.2, 0.25) is 5.02 Å². The van der Waals surface area contributed by atoms with E-state index in [0.29, 0.717) is 0 Å². The molecule has 1 nitrogen and oxygen atoms in total. The molecule has 17 heavy (non-hydrogen) atoms. The average molecular weight is 317 g/mol. The molecule has 2 unspecified atom stereocenters. The van der Waals surface area contributed by atoms with Crippen LogP contribution in [0.15, 0.2) is 22.7 Å². The summed E-state index contributed by atoms with van der Waals surface area (Å²) in [7, 11) is 0. The maximum atomic E-state index is 6.00. The summed E-state index contributed by atoms with van der Waals surface area (Å²) in [4.78, 5) is 0. The summed E-state index contributed by atoms with van der Waals surface area (Å²) in [6.07, 6.45) is 4.17. The minimum absolute atomic E-state index is 0.805. The SMILES string of the molecule is CC1CCCC1CNCc1cc(Cl)ccc1Br. The third-order valence-electron chi connectivity index (χ3n) is 3.77. The van der Waals surface area contributed by atoms with Gasteiger partial charge in [-0.1, -0.05) is 47.3 Å². The largest absolute Gasteiger partial charge is 0.312 e. The van der Waals surface area contributed by atoms with E-state index in [-0.39, 0.29) is 0 Å². The molecule has 94 valence electrons. The molecular weight excluding hydrogens is 298 g/mol. The van der Waals surface area contributed by atoms with Crippen LogP contribution in [-0.4, -0.2) is 6.54 Å². The molecule has 1 fully saturated rings. The van der Waals surface area contributed by atoms with Gasteiger partial charge in [0.15, 0.2) is 0 Å². The summed E-state index contributed by atoms with van der Waals surface area (Å²) >= 11 is 9.55. The molecule has 0 radical (unpaired) electrons. The van der Waals surface area contributed by atoms with E-state index in [9.17, 15) is 0 Å². The van der Waals surface area contributed by atoms with Crippen LogP contribution in [0, 0.1) is 11.8 Å². The van der Waals surface area contributed by atoms with Crippen molar-refractivity contribution in [1.29, 1.82) is 0 Å². The van der Waals surface area contributed by atoms with Crippen molar-refractivity contribution < 1.29 is 0 Å². The molecular formula is C14H19BrClN. The lowest BCUT2D eigenvalue weighted by molar-refractivity contribution is 0.392. The molecule has 0 aliphatic heterocycles. The average Bonchev–Trinajstić information content (AvgIpc) is 2.70. The zero-order valence-electron chi connectivity index (χ0n) is 10.2. The molecule has 0 amide bonds. The van der Waals surface area contributed by atoms with Gasteiger partial charge in [-0.15, -0.1) is 0 Å². The summed E-state index contributed by atoms with van der Waals surface area (Å²) in [5.41, 5.74) is 1.24. The topological polar surface area (TPSA) is 12.0 Å². The molecule has 0 heterocycles. The molecule has 0 spiro atoms. The van der Waals surface area contributed by atoms with Crippen molar-refractivity contribution >= 4 is 27.5 Å². The number of rotatable bonds is 4. The van der Waals surface area contributed by atoms with E-state index >= 15 is 0 Å². The van der Waals surface area contributed by atoms with Crippen molar-refractivity contribution in [3.05, 3.63) is 33.3 Å². The van der Waals surface area contributed by atoms with Gasteiger partial charge in [0.05, 0.1) is 0 Å². The molecule has 0 aromatic heterocycles. The number of benzene rings is 1. The van der Waals surface area contributed by atoms with Crippen LogP contribution in [0.4, 0.5) is 0 Å². The summed E-state index contributed by atoms with van der Waals surface area (Å²) < 4.78 is 1.13. The standard InChI is InChI=1S/C14H19BrClN/c1-10-3-2-4-11(10)8-17-9-12-7-13(16)5-6-14(12)15/h5-7,10-11,17H,2-4,8-9H2,1H3. The Morgan fingerprint density at radius 3 is 2.94 bits per heavy atom. The molecule has 0 bridgehead atoms. The summed E-state index contributed by atoms with van der Waals surface area (Å²) in [5.74, 6) is 1.73. The van der Waals surface area contributed by atoms with E-state index in [1.54, 1.807) is 0 Å². The molecule has 2 atom stereocenters. The van der Waals surface area contributed by atoms with Gasteiger partial charge in [0, 0.05) is 16.0 Å². The predicted octanol–water partition coefficient (Wildman–Crippen LogP) is 4.63. The fraction of sp³-hybridized carbons (Fsp3) is 0.571. The Labute approximate surface area is 117 Å². The second-order valence-electron chi connectivity index (χ2n) is 5.03. The van der Waals surface area contributed by atoms with Crippen LogP contribution in [-0.2, 0) is 6.54 Å². The third-order valence-corrected chi connectivity index (χ3v) is 4.78. The lowest BCUT2D eigenvalue weighted by Gasteiger charge is -2.16. The smallest absolute Gasteiger partial charge is 0.0410 e. The van der Waals surface area contributed by atoms with Crippen molar-refractivity contribution in [2.45, 2.75) is 32.7 Å². The van der Waals surface area contributed by atoms with E-state index in [4.69, 9.17) is 11.6 Å². The number of halogens is 2. The zero-order chi connectivity index (χ0) is 12.3. The van der Waals surface area contributed by atoms with Crippen molar-refractivity contribution in [2.75, 3.05) is 6.54 Å². The van der Waals surface area contributed by atoms with Crippen LogP contribution >= 0.6 is 27.5 Å². The van der Waals surface area contributed by atoms with E-state index < -0.39 is 0 Å². The summed E-state index contributed by atoms with van der Waals surface area (Å²) in [5, 5.41) is 4.36. The molecule has 1 saturated carbocycles. The number of hydrogen-bond acceptors (Lipinski definition) is 1. The van der Waals surface area contributed by atoms with Crippen LogP contribution in [0.25, 0.3) is 0 Å². The van der Waals surface area contributed by atoms with Crippen molar-refractivity contribution in [3.63, 3.8) is 0 Å². The molecule has 1 aliphatic carbocycles. The monoisotopic (exact) mass is 315 g/mol. The Morgan fingerprint density at radius 2 is 2.24 bits per heavy atom. The minimum Gasteiger partial charge on any atom is -0.312 e. The second kappa shape index (κ2) is 6.21. The van der Waals surface area contributed by atoms with E-state index in [1.165, 1.54) is 24.8 Å². The molecule has 0 saturated heterocycles. The first kappa shape index (κ1) is 13.4. The van der Waals surface area contributed by atoms with Gasteiger partial charge in [0.1, 0.15) is 0 Å². The van der Waals surface area contributed by atoms with Crippen molar-refractivity contribution in [2.24, 2.45) is 11.8 Å². The Hall–Kier alpha value is -0.0500. The molecule has 1 aliphatic rings. The highest BCUT2D eigenvalue weighted by Gasteiger charge is 2.22. The summed E-state index contributed by atoms with van der Waals surface area (Å²) in [6, 6.07) is 5.95. The minimum atomic E-state index is 0.805. The Kier molecular flexibility index (Phi) is 4.89. The first-order chi connectivity index (χ1) is 8.16. The van der Waals surface area contributed by atoms with Gasteiger partial charge in [-0.05, 0) is 48.6 Å². The Bertz CT molecular complexity index is 380. The van der Waals surface area contributed by atoms with Gasteiger partial charge in [0.2, 0.25) is 0 Å². The first-order valence-electron chi connectivity index (χ1n) is 6.31. The normalized spacial score (nSPS) is 24.2.